The first-order valence-electron chi connectivity index (χ1n) is 5.21. The number of hydrogen-bond donors (Lipinski definition) is 2. The van der Waals surface area contributed by atoms with Crippen molar-refractivity contribution in [2.24, 2.45) is 0 Å². The van der Waals surface area contributed by atoms with Crippen molar-refractivity contribution in [1.82, 2.24) is 0 Å². The Morgan fingerprint density at radius 1 is 1.50 bits per heavy atom. The van der Waals surface area contributed by atoms with Gasteiger partial charge >= 0.3 is 0 Å². The minimum atomic E-state index is -0.276. The van der Waals surface area contributed by atoms with E-state index in [2.05, 4.69) is 5.32 Å². The minimum Gasteiger partial charge on any atom is -0.395 e. The van der Waals surface area contributed by atoms with Gasteiger partial charge in [0.25, 0.3) is 0 Å². The Morgan fingerprint density at radius 2 is 2.25 bits per heavy atom. The molecule has 3 nitrogen and oxygen atoms in total. The molecule has 1 heterocycles. The summed E-state index contributed by atoms with van der Waals surface area (Å²) in [5.74, 6) is 0.520. The zero-order valence-corrected chi connectivity index (χ0v) is 10.2. The molecule has 1 aromatic rings. The van der Waals surface area contributed by atoms with E-state index in [0.29, 0.717) is 5.75 Å². The summed E-state index contributed by atoms with van der Waals surface area (Å²) in [4.78, 5) is 12.4. The lowest BCUT2D eigenvalue weighted by Crippen LogP contribution is -2.24. The summed E-state index contributed by atoms with van der Waals surface area (Å²) in [6.45, 7) is 4.05. The summed E-state index contributed by atoms with van der Waals surface area (Å²) in [7, 11) is 0. The second-order valence-electron chi connectivity index (χ2n) is 4.59. The maximum atomic E-state index is 11.3. The Labute approximate surface area is 99.2 Å². The van der Waals surface area contributed by atoms with Gasteiger partial charge in [0.15, 0.2) is 0 Å². The van der Waals surface area contributed by atoms with Gasteiger partial charge in [-0.25, -0.2) is 0 Å². The molecular formula is C12H15NO2S. The van der Waals surface area contributed by atoms with Gasteiger partial charge in [-0.1, -0.05) is 19.9 Å². The quantitative estimate of drug-likeness (QED) is 0.827. The predicted octanol–water partition coefficient (Wildman–Crippen LogP) is 2.00. The highest BCUT2D eigenvalue weighted by Gasteiger charge is 2.22. The maximum Gasteiger partial charge on any atom is 0.234 e. The van der Waals surface area contributed by atoms with Crippen molar-refractivity contribution in [2.45, 2.75) is 24.2 Å². The van der Waals surface area contributed by atoms with E-state index in [1.54, 1.807) is 11.8 Å². The first-order chi connectivity index (χ1) is 7.53. The molecule has 0 saturated heterocycles. The van der Waals surface area contributed by atoms with Crippen LogP contribution in [-0.4, -0.2) is 23.4 Å². The fourth-order valence-corrected chi connectivity index (χ4v) is 2.38. The van der Waals surface area contributed by atoms with Crippen molar-refractivity contribution < 1.29 is 9.90 Å². The Kier molecular flexibility index (Phi) is 2.95. The second kappa shape index (κ2) is 4.11. The molecule has 2 rings (SSSR count). The van der Waals surface area contributed by atoms with Crippen molar-refractivity contribution >= 4 is 23.4 Å². The Hall–Kier alpha value is -1.000. The third-order valence-electron chi connectivity index (χ3n) is 2.79. The molecule has 4 heteroatoms. The molecule has 86 valence electrons. The number of rotatable bonds is 2. The summed E-state index contributed by atoms with van der Waals surface area (Å²) < 4.78 is 0. The van der Waals surface area contributed by atoms with E-state index in [-0.39, 0.29) is 17.9 Å². The number of amides is 1. The molecule has 0 aromatic heterocycles. The van der Waals surface area contributed by atoms with E-state index in [1.807, 2.05) is 32.0 Å². The number of nitrogens with one attached hydrogen (secondary N) is 1. The topological polar surface area (TPSA) is 49.3 Å². The van der Waals surface area contributed by atoms with Crippen molar-refractivity contribution in [1.29, 1.82) is 0 Å². The molecule has 1 amide bonds. The van der Waals surface area contributed by atoms with Crippen LogP contribution >= 0.6 is 11.8 Å². The lowest BCUT2D eigenvalue weighted by atomic mass is 9.85. The van der Waals surface area contributed by atoms with Crippen LogP contribution in [0.15, 0.2) is 23.1 Å². The SMILES string of the molecule is CC(C)(CO)c1ccc2c(c1)NC(=O)CS2. The van der Waals surface area contributed by atoms with Crippen LogP contribution in [0.2, 0.25) is 0 Å². The zero-order chi connectivity index (χ0) is 11.8. The van der Waals surface area contributed by atoms with Crippen LogP contribution in [0.5, 0.6) is 0 Å². The van der Waals surface area contributed by atoms with E-state index >= 15 is 0 Å². The second-order valence-corrected chi connectivity index (χ2v) is 5.61. The molecule has 2 N–H and O–H groups in total. The highest BCUT2D eigenvalue weighted by Crippen LogP contribution is 2.35. The number of carbonyl (C=O) groups is 1. The van der Waals surface area contributed by atoms with Crippen molar-refractivity contribution in [2.75, 3.05) is 17.7 Å². The van der Waals surface area contributed by atoms with Crippen LogP contribution in [0.25, 0.3) is 0 Å². The van der Waals surface area contributed by atoms with Gasteiger partial charge in [0, 0.05) is 10.3 Å². The van der Waals surface area contributed by atoms with Crippen LogP contribution < -0.4 is 5.32 Å². The third kappa shape index (κ3) is 2.08. The number of thioether (sulfide) groups is 1. The van der Waals surface area contributed by atoms with Crippen LogP contribution in [0.3, 0.4) is 0 Å². The molecule has 0 fully saturated rings. The molecule has 1 aliphatic rings. The molecule has 1 aliphatic heterocycles. The first-order valence-corrected chi connectivity index (χ1v) is 6.19. The van der Waals surface area contributed by atoms with Crippen LogP contribution in [-0.2, 0) is 10.2 Å². The summed E-state index contributed by atoms with van der Waals surface area (Å²) in [5.41, 5.74) is 1.62. The molecule has 0 aliphatic carbocycles. The number of carbonyl (C=O) groups excluding carboxylic acids is 1. The van der Waals surface area contributed by atoms with E-state index < -0.39 is 0 Å². The molecule has 0 atom stereocenters. The third-order valence-corrected chi connectivity index (χ3v) is 3.86. The molecular weight excluding hydrogens is 222 g/mol. The van der Waals surface area contributed by atoms with E-state index in [9.17, 15) is 9.90 Å². The standard InChI is InChI=1S/C12H15NO2S/c1-12(2,7-14)8-3-4-10-9(5-8)13-11(15)6-16-10/h3-5,14H,6-7H2,1-2H3,(H,13,15). The number of aliphatic hydroxyl groups is 1. The van der Waals surface area contributed by atoms with E-state index in [4.69, 9.17) is 0 Å². The number of hydrogen-bond acceptors (Lipinski definition) is 3. The summed E-state index contributed by atoms with van der Waals surface area (Å²) in [6, 6.07) is 5.97. The van der Waals surface area contributed by atoms with E-state index in [1.165, 1.54) is 0 Å². The predicted molar refractivity (Wildman–Crippen MR) is 65.9 cm³/mol. The van der Waals surface area contributed by atoms with Gasteiger partial charge in [0.2, 0.25) is 5.91 Å². The fraction of sp³-hybridized carbons (Fsp3) is 0.417. The molecule has 1 aromatic carbocycles. The maximum absolute atomic E-state index is 11.3. The van der Waals surface area contributed by atoms with Crippen molar-refractivity contribution in [3.05, 3.63) is 23.8 Å². The Bertz CT molecular complexity index is 429. The molecule has 0 spiro atoms. The van der Waals surface area contributed by atoms with Crippen LogP contribution in [0.1, 0.15) is 19.4 Å². The Balaban J connectivity index is 2.38. The molecule has 0 saturated carbocycles. The van der Waals surface area contributed by atoms with Gasteiger partial charge in [0.1, 0.15) is 0 Å². The number of fused-ring (bicyclic) bond motifs is 1. The molecule has 16 heavy (non-hydrogen) atoms. The average molecular weight is 237 g/mol. The largest absolute Gasteiger partial charge is 0.395 e. The minimum absolute atomic E-state index is 0.0384. The van der Waals surface area contributed by atoms with Gasteiger partial charge in [-0.15, -0.1) is 11.8 Å². The first kappa shape index (κ1) is 11.5. The highest BCUT2D eigenvalue weighted by atomic mass is 32.2. The Morgan fingerprint density at radius 3 is 2.94 bits per heavy atom. The molecule has 0 radical (unpaired) electrons. The van der Waals surface area contributed by atoms with E-state index in [0.717, 1.165) is 16.1 Å². The van der Waals surface area contributed by atoms with Gasteiger partial charge in [-0.2, -0.15) is 0 Å². The summed E-state index contributed by atoms with van der Waals surface area (Å²) >= 11 is 1.55. The summed E-state index contributed by atoms with van der Waals surface area (Å²) in [6.07, 6.45) is 0. The van der Waals surface area contributed by atoms with Crippen LogP contribution in [0, 0.1) is 0 Å². The lowest BCUT2D eigenvalue weighted by molar-refractivity contribution is -0.113. The van der Waals surface area contributed by atoms with Crippen molar-refractivity contribution in [3.63, 3.8) is 0 Å². The summed E-state index contributed by atoms with van der Waals surface area (Å²) in [5, 5.41) is 12.2. The number of aliphatic hydroxyl groups excluding tert-OH is 1. The highest BCUT2D eigenvalue weighted by molar-refractivity contribution is 8.00. The van der Waals surface area contributed by atoms with Gasteiger partial charge in [-0.3, -0.25) is 4.79 Å². The lowest BCUT2D eigenvalue weighted by Gasteiger charge is -2.25. The molecule has 0 unspecified atom stereocenters. The van der Waals surface area contributed by atoms with Gasteiger partial charge in [-0.05, 0) is 17.7 Å². The van der Waals surface area contributed by atoms with Gasteiger partial charge in [0.05, 0.1) is 18.0 Å². The molecule has 0 bridgehead atoms. The smallest absolute Gasteiger partial charge is 0.234 e. The van der Waals surface area contributed by atoms with Crippen molar-refractivity contribution in [3.8, 4) is 0 Å². The average Bonchev–Trinajstić information content (AvgIpc) is 2.28. The fourth-order valence-electron chi connectivity index (χ4n) is 1.60. The number of benzene rings is 1. The zero-order valence-electron chi connectivity index (χ0n) is 9.41. The number of anilines is 1. The normalized spacial score (nSPS) is 15.6. The monoisotopic (exact) mass is 237 g/mol. The van der Waals surface area contributed by atoms with Gasteiger partial charge < -0.3 is 10.4 Å². The van der Waals surface area contributed by atoms with Crippen LogP contribution in [0.4, 0.5) is 5.69 Å².